The lowest BCUT2D eigenvalue weighted by atomic mass is 10.3. The number of hydrogen-bond acceptors (Lipinski definition) is 2. The van der Waals surface area contributed by atoms with E-state index in [9.17, 15) is 0 Å². The summed E-state index contributed by atoms with van der Waals surface area (Å²) in [5.41, 5.74) is 0.703. The zero-order valence-corrected chi connectivity index (χ0v) is 8.30. The van der Waals surface area contributed by atoms with E-state index in [4.69, 9.17) is 11.6 Å². The van der Waals surface area contributed by atoms with Crippen molar-refractivity contribution >= 4 is 38.6 Å². The Morgan fingerprint density at radius 2 is 2.17 bits per heavy atom. The monoisotopic (exact) mass is 242 g/mol. The molecule has 2 aromatic heterocycles. The molecule has 2 aromatic rings. The zero-order chi connectivity index (χ0) is 8.55. The predicted molar refractivity (Wildman–Crippen MR) is 52.2 cm³/mol. The van der Waals surface area contributed by atoms with E-state index >= 15 is 0 Å². The quantitative estimate of drug-likeness (QED) is 0.665. The molecule has 0 bridgehead atoms. The van der Waals surface area contributed by atoms with Crippen LogP contribution in [0.15, 0.2) is 29.0 Å². The molecule has 4 heteroatoms. The standard InChI is InChI=1S/C8H4BrClN2/c9-7-2-1-5-3-6(10)4-11-8(5)12-7/h1-4H. The first-order chi connectivity index (χ1) is 5.75. The molecular formula is C8H4BrClN2. The molecule has 12 heavy (non-hydrogen) atoms. The van der Waals surface area contributed by atoms with Crippen LogP contribution in [0.2, 0.25) is 5.02 Å². The van der Waals surface area contributed by atoms with Crippen LogP contribution in [0.3, 0.4) is 0 Å². The molecule has 0 saturated heterocycles. The molecule has 0 radical (unpaired) electrons. The first kappa shape index (κ1) is 7.95. The van der Waals surface area contributed by atoms with Gasteiger partial charge in [-0.15, -0.1) is 0 Å². The summed E-state index contributed by atoms with van der Waals surface area (Å²) in [6.45, 7) is 0. The van der Waals surface area contributed by atoms with Crippen molar-refractivity contribution in [1.29, 1.82) is 0 Å². The Labute approximate surface area is 82.7 Å². The maximum atomic E-state index is 5.76. The van der Waals surface area contributed by atoms with Gasteiger partial charge in [0, 0.05) is 11.6 Å². The summed E-state index contributed by atoms with van der Waals surface area (Å²) < 4.78 is 0.782. The number of hydrogen-bond donors (Lipinski definition) is 0. The Morgan fingerprint density at radius 3 is 3.00 bits per heavy atom. The largest absolute Gasteiger partial charge is 0.235 e. The molecule has 0 aliphatic rings. The summed E-state index contributed by atoms with van der Waals surface area (Å²) >= 11 is 9.02. The highest BCUT2D eigenvalue weighted by Crippen LogP contribution is 2.17. The Balaban J connectivity index is 2.79. The third kappa shape index (κ3) is 1.42. The van der Waals surface area contributed by atoms with Gasteiger partial charge in [0.05, 0.1) is 5.02 Å². The summed E-state index contributed by atoms with van der Waals surface area (Å²) in [5.74, 6) is 0. The minimum atomic E-state index is 0.631. The second kappa shape index (κ2) is 2.99. The molecule has 60 valence electrons. The van der Waals surface area contributed by atoms with Crippen molar-refractivity contribution in [2.24, 2.45) is 0 Å². The van der Waals surface area contributed by atoms with Crippen LogP contribution in [0.5, 0.6) is 0 Å². The summed E-state index contributed by atoms with van der Waals surface area (Å²) in [7, 11) is 0. The summed E-state index contributed by atoms with van der Waals surface area (Å²) in [5, 5.41) is 1.58. The highest BCUT2D eigenvalue weighted by molar-refractivity contribution is 9.10. The van der Waals surface area contributed by atoms with E-state index in [1.54, 1.807) is 6.20 Å². The smallest absolute Gasteiger partial charge is 0.160 e. The summed E-state index contributed by atoms with van der Waals surface area (Å²) in [4.78, 5) is 8.23. The molecule has 0 aromatic carbocycles. The maximum absolute atomic E-state index is 5.76. The zero-order valence-electron chi connectivity index (χ0n) is 5.96. The fraction of sp³-hybridized carbons (Fsp3) is 0. The van der Waals surface area contributed by atoms with E-state index in [2.05, 4.69) is 25.9 Å². The van der Waals surface area contributed by atoms with Crippen molar-refractivity contribution in [2.45, 2.75) is 0 Å². The topological polar surface area (TPSA) is 25.8 Å². The van der Waals surface area contributed by atoms with Gasteiger partial charge in [0.25, 0.3) is 0 Å². The van der Waals surface area contributed by atoms with Gasteiger partial charge in [-0.2, -0.15) is 0 Å². The lowest BCUT2D eigenvalue weighted by Crippen LogP contribution is -1.83. The molecular weight excluding hydrogens is 239 g/mol. The van der Waals surface area contributed by atoms with Gasteiger partial charge in [-0.25, -0.2) is 9.97 Å². The normalized spacial score (nSPS) is 10.5. The van der Waals surface area contributed by atoms with E-state index < -0.39 is 0 Å². The minimum Gasteiger partial charge on any atom is -0.235 e. The van der Waals surface area contributed by atoms with Gasteiger partial charge in [-0.1, -0.05) is 11.6 Å². The van der Waals surface area contributed by atoms with Crippen LogP contribution in [0, 0.1) is 0 Å². The predicted octanol–water partition coefficient (Wildman–Crippen LogP) is 3.05. The fourth-order valence-corrected chi connectivity index (χ4v) is 1.43. The lowest BCUT2D eigenvalue weighted by molar-refractivity contribution is 1.26. The number of nitrogens with zero attached hydrogens (tertiary/aromatic N) is 2. The van der Waals surface area contributed by atoms with Gasteiger partial charge >= 0.3 is 0 Å². The van der Waals surface area contributed by atoms with Crippen LogP contribution in [-0.4, -0.2) is 9.97 Å². The molecule has 0 aliphatic carbocycles. The highest BCUT2D eigenvalue weighted by Gasteiger charge is 1.97. The molecule has 0 aliphatic heterocycles. The Kier molecular flexibility index (Phi) is 1.98. The first-order valence-electron chi connectivity index (χ1n) is 3.33. The van der Waals surface area contributed by atoms with Gasteiger partial charge in [-0.3, -0.25) is 0 Å². The molecule has 0 saturated carbocycles. The second-order valence-corrected chi connectivity index (χ2v) is 3.58. The van der Waals surface area contributed by atoms with Gasteiger partial charge < -0.3 is 0 Å². The van der Waals surface area contributed by atoms with Crippen LogP contribution in [0.25, 0.3) is 11.0 Å². The Bertz CT molecular complexity index is 389. The molecule has 0 unspecified atom stereocenters. The van der Waals surface area contributed by atoms with Crippen LogP contribution >= 0.6 is 27.5 Å². The number of halogens is 2. The summed E-state index contributed by atoms with van der Waals surface area (Å²) in [6.07, 6.45) is 1.59. The fourth-order valence-electron chi connectivity index (χ4n) is 0.961. The minimum absolute atomic E-state index is 0.631. The average Bonchev–Trinajstić information content (AvgIpc) is 2.05. The molecule has 2 rings (SSSR count). The molecule has 0 atom stereocenters. The van der Waals surface area contributed by atoms with E-state index in [1.165, 1.54) is 0 Å². The third-order valence-corrected chi connectivity index (χ3v) is 2.12. The molecule has 0 amide bonds. The lowest BCUT2D eigenvalue weighted by Gasteiger charge is -1.96. The molecule has 0 N–H and O–H groups in total. The SMILES string of the molecule is Clc1cnc2nc(Br)ccc2c1. The van der Waals surface area contributed by atoms with Gasteiger partial charge in [0.2, 0.25) is 0 Å². The van der Waals surface area contributed by atoms with Gasteiger partial charge in [-0.05, 0) is 34.1 Å². The van der Waals surface area contributed by atoms with Crippen molar-refractivity contribution in [3.8, 4) is 0 Å². The van der Waals surface area contributed by atoms with Crippen molar-refractivity contribution in [1.82, 2.24) is 9.97 Å². The molecule has 0 spiro atoms. The number of fused-ring (bicyclic) bond motifs is 1. The maximum Gasteiger partial charge on any atom is 0.160 e. The van der Waals surface area contributed by atoms with E-state index in [0.29, 0.717) is 10.7 Å². The van der Waals surface area contributed by atoms with E-state index in [-0.39, 0.29) is 0 Å². The van der Waals surface area contributed by atoms with Crippen LogP contribution in [-0.2, 0) is 0 Å². The molecule has 0 fully saturated rings. The Hall–Kier alpha value is -0.670. The van der Waals surface area contributed by atoms with Crippen LogP contribution < -0.4 is 0 Å². The van der Waals surface area contributed by atoms with Gasteiger partial charge in [0.1, 0.15) is 4.60 Å². The number of rotatable bonds is 0. The number of pyridine rings is 2. The molecule has 2 heterocycles. The van der Waals surface area contributed by atoms with Gasteiger partial charge in [0.15, 0.2) is 5.65 Å². The van der Waals surface area contributed by atoms with Crippen LogP contribution in [0.4, 0.5) is 0 Å². The first-order valence-corrected chi connectivity index (χ1v) is 4.50. The summed E-state index contributed by atoms with van der Waals surface area (Å²) in [6, 6.07) is 5.62. The van der Waals surface area contributed by atoms with Crippen molar-refractivity contribution in [3.63, 3.8) is 0 Å². The molecule has 2 nitrogen and oxygen atoms in total. The highest BCUT2D eigenvalue weighted by atomic mass is 79.9. The Morgan fingerprint density at radius 1 is 1.33 bits per heavy atom. The van der Waals surface area contributed by atoms with E-state index in [0.717, 1.165) is 9.99 Å². The number of aromatic nitrogens is 2. The van der Waals surface area contributed by atoms with E-state index in [1.807, 2.05) is 18.2 Å². The van der Waals surface area contributed by atoms with Crippen LogP contribution in [0.1, 0.15) is 0 Å². The second-order valence-electron chi connectivity index (χ2n) is 2.33. The third-order valence-electron chi connectivity index (χ3n) is 1.47. The van der Waals surface area contributed by atoms with Crippen molar-refractivity contribution in [2.75, 3.05) is 0 Å². The van der Waals surface area contributed by atoms with Crippen molar-refractivity contribution < 1.29 is 0 Å². The average molecular weight is 243 g/mol. The van der Waals surface area contributed by atoms with Crippen molar-refractivity contribution in [3.05, 3.63) is 34.0 Å².